The number of carbonyl (C=O) groups is 1. The third kappa shape index (κ3) is 2.42. The SMILES string of the molecule is CCn1nc(-c2cncc(C(F)(F)F)c2)cc1[C@H]1[C@@H]2CC(=O)C[C@@H]21. The molecule has 2 aliphatic carbocycles. The van der Waals surface area contributed by atoms with Crippen molar-refractivity contribution in [3.63, 3.8) is 0 Å². The van der Waals surface area contributed by atoms with Crippen LogP contribution in [0.25, 0.3) is 11.3 Å². The minimum Gasteiger partial charge on any atom is -0.300 e. The molecule has 2 aromatic rings. The van der Waals surface area contributed by atoms with E-state index in [1.807, 2.05) is 17.7 Å². The molecule has 2 fully saturated rings. The lowest BCUT2D eigenvalue weighted by Gasteiger charge is -2.06. The Morgan fingerprint density at radius 3 is 2.54 bits per heavy atom. The Kier molecular flexibility index (Phi) is 3.30. The third-order valence-corrected chi connectivity index (χ3v) is 5.07. The quantitative estimate of drug-likeness (QED) is 0.860. The summed E-state index contributed by atoms with van der Waals surface area (Å²) in [5.74, 6) is 1.38. The van der Waals surface area contributed by atoms with E-state index >= 15 is 0 Å². The van der Waals surface area contributed by atoms with Crippen molar-refractivity contribution in [2.45, 2.75) is 38.4 Å². The molecule has 0 amide bonds. The van der Waals surface area contributed by atoms with Crippen molar-refractivity contribution >= 4 is 5.78 Å². The molecule has 24 heavy (non-hydrogen) atoms. The van der Waals surface area contributed by atoms with Gasteiger partial charge in [0.1, 0.15) is 5.78 Å². The van der Waals surface area contributed by atoms with Crippen LogP contribution < -0.4 is 0 Å². The van der Waals surface area contributed by atoms with Crippen LogP contribution in [0.1, 0.15) is 36.9 Å². The van der Waals surface area contributed by atoms with Gasteiger partial charge in [-0.05, 0) is 30.9 Å². The molecule has 0 radical (unpaired) electrons. The summed E-state index contributed by atoms with van der Waals surface area (Å²) in [7, 11) is 0. The van der Waals surface area contributed by atoms with E-state index < -0.39 is 11.7 Å². The van der Waals surface area contributed by atoms with Gasteiger partial charge in [-0.15, -0.1) is 0 Å². The molecule has 2 saturated carbocycles. The molecule has 126 valence electrons. The van der Waals surface area contributed by atoms with Crippen LogP contribution in [0.2, 0.25) is 0 Å². The first kappa shape index (κ1) is 15.4. The monoisotopic (exact) mass is 335 g/mol. The predicted molar refractivity (Wildman–Crippen MR) is 80.1 cm³/mol. The summed E-state index contributed by atoms with van der Waals surface area (Å²) >= 11 is 0. The van der Waals surface area contributed by atoms with E-state index in [1.165, 1.54) is 6.20 Å². The summed E-state index contributed by atoms with van der Waals surface area (Å²) in [6, 6.07) is 2.94. The highest BCUT2D eigenvalue weighted by Crippen LogP contribution is 2.62. The highest BCUT2D eigenvalue weighted by atomic mass is 19.4. The number of Topliss-reactive ketones (excluding diaryl/α,β-unsaturated/α-hetero) is 1. The minimum atomic E-state index is -4.42. The van der Waals surface area contributed by atoms with Crippen molar-refractivity contribution in [3.8, 4) is 11.3 Å². The standard InChI is InChI=1S/C17H16F3N3O/c1-2-23-15(16-12-4-11(24)5-13(12)16)6-14(22-23)9-3-10(8-21-7-9)17(18,19)20/h3,6-8,12-13,16H,2,4-5H2,1H3/t12-,13+,16+. The Hall–Kier alpha value is -2.18. The number of hydrogen-bond acceptors (Lipinski definition) is 3. The highest BCUT2D eigenvalue weighted by molar-refractivity contribution is 5.83. The normalized spacial score (nSPS) is 25.8. The van der Waals surface area contributed by atoms with Crippen LogP contribution in [-0.4, -0.2) is 20.5 Å². The number of carbonyl (C=O) groups excluding carboxylic acids is 1. The van der Waals surface area contributed by atoms with E-state index in [2.05, 4.69) is 10.1 Å². The molecule has 2 aromatic heterocycles. The average Bonchev–Trinajstić information content (AvgIpc) is 2.89. The number of halogens is 3. The minimum absolute atomic E-state index is 0.308. The van der Waals surface area contributed by atoms with Gasteiger partial charge in [-0.2, -0.15) is 18.3 Å². The molecule has 0 aliphatic heterocycles. The number of alkyl halides is 3. The maximum atomic E-state index is 12.9. The van der Waals surface area contributed by atoms with Gasteiger partial charge < -0.3 is 0 Å². The van der Waals surface area contributed by atoms with Crippen molar-refractivity contribution in [1.29, 1.82) is 0 Å². The van der Waals surface area contributed by atoms with Gasteiger partial charge in [-0.25, -0.2) is 0 Å². The topological polar surface area (TPSA) is 47.8 Å². The van der Waals surface area contributed by atoms with Crippen LogP contribution in [0.5, 0.6) is 0 Å². The molecule has 0 spiro atoms. The summed E-state index contributed by atoms with van der Waals surface area (Å²) in [6.45, 7) is 2.60. The smallest absolute Gasteiger partial charge is 0.300 e. The van der Waals surface area contributed by atoms with Crippen LogP contribution in [0, 0.1) is 11.8 Å². The number of rotatable bonds is 3. The van der Waals surface area contributed by atoms with Crippen LogP contribution >= 0.6 is 0 Å². The van der Waals surface area contributed by atoms with Gasteiger partial charge in [-0.1, -0.05) is 0 Å². The summed E-state index contributed by atoms with van der Waals surface area (Å²) < 4.78 is 40.4. The molecule has 0 saturated heterocycles. The van der Waals surface area contributed by atoms with E-state index in [0.29, 0.717) is 54.2 Å². The Morgan fingerprint density at radius 1 is 1.21 bits per heavy atom. The zero-order chi connectivity index (χ0) is 17.1. The second-order valence-electron chi connectivity index (χ2n) is 6.53. The first-order valence-electron chi connectivity index (χ1n) is 8.00. The summed E-state index contributed by atoms with van der Waals surface area (Å²) in [4.78, 5) is 15.1. The van der Waals surface area contributed by atoms with E-state index in [0.717, 1.165) is 18.0 Å². The van der Waals surface area contributed by atoms with E-state index in [1.54, 1.807) is 0 Å². The molecule has 4 rings (SSSR count). The molecule has 0 unspecified atom stereocenters. The molecule has 0 bridgehead atoms. The van der Waals surface area contributed by atoms with Crippen molar-refractivity contribution in [3.05, 3.63) is 35.8 Å². The van der Waals surface area contributed by atoms with E-state index in [-0.39, 0.29) is 0 Å². The maximum absolute atomic E-state index is 12.9. The maximum Gasteiger partial charge on any atom is 0.417 e. The molecule has 3 atom stereocenters. The third-order valence-electron chi connectivity index (χ3n) is 5.07. The Labute approximate surface area is 136 Å². The lowest BCUT2D eigenvalue weighted by molar-refractivity contribution is -0.137. The fourth-order valence-electron chi connectivity index (χ4n) is 3.88. The van der Waals surface area contributed by atoms with Gasteiger partial charge in [0.05, 0.1) is 11.3 Å². The van der Waals surface area contributed by atoms with Crippen molar-refractivity contribution in [1.82, 2.24) is 14.8 Å². The van der Waals surface area contributed by atoms with Crippen LogP contribution in [-0.2, 0) is 17.5 Å². The van der Waals surface area contributed by atoms with Gasteiger partial charge >= 0.3 is 6.18 Å². The molecule has 4 nitrogen and oxygen atoms in total. The Morgan fingerprint density at radius 2 is 1.92 bits per heavy atom. The molecule has 7 heteroatoms. The second kappa shape index (κ2) is 5.16. The summed E-state index contributed by atoms with van der Waals surface area (Å²) in [5.41, 5.74) is 1.11. The molecule has 0 aromatic carbocycles. The van der Waals surface area contributed by atoms with E-state index in [9.17, 15) is 18.0 Å². The molecule has 2 heterocycles. The fourth-order valence-corrected chi connectivity index (χ4v) is 3.88. The van der Waals surface area contributed by atoms with Crippen LogP contribution in [0.3, 0.4) is 0 Å². The molecular weight excluding hydrogens is 319 g/mol. The van der Waals surface area contributed by atoms with E-state index in [4.69, 9.17) is 0 Å². The average molecular weight is 335 g/mol. The number of pyridine rings is 1. The molecule has 0 N–H and O–H groups in total. The largest absolute Gasteiger partial charge is 0.417 e. The number of nitrogens with zero attached hydrogens (tertiary/aromatic N) is 3. The summed E-state index contributed by atoms with van der Waals surface area (Å²) in [6.07, 6.45) is -0.973. The fraction of sp³-hybridized carbons (Fsp3) is 0.471. The van der Waals surface area contributed by atoms with Gasteiger partial charge in [0.25, 0.3) is 0 Å². The van der Waals surface area contributed by atoms with Crippen LogP contribution in [0.4, 0.5) is 13.2 Å². The number of ketones is 1. The van der Waals surface area contributed by atoms with Crippen LogP contribution in [0.15, 0.2) is 24.5 Å². The first-order valence-corrected chi connectivity index (χ1v) is 8.00. The Balaban J connectivity index is 1.67. The zero-order valence-corrected chi connectivity index (χ0v) is 13.0. The molecule has 2 aliphatic rings. The number of aromatic nitrogens is 3. The summed E-state index contributed by atoms with van der Waals surface area (Å²) in [5, 5.41) is 4.45. The number of hydrogen-bond donors (Lipinski definition) is 0. The number of aryl methyl sites for hydroxylation is 1. The van der Waals surface area contributed by atoms with Gasteiger partial charge in [0.2, 0.25) is 0 Å². The van der Waals surface area contributed by atoms with Gasteiger partial charge in [-0.3, -0.25) is 14.5 Å². The highest BCUT2D eigenvalue weighted by Gasteiger charge is 2.57. The molecular formula is C17H16F3N3O. The lowest BCUT2D eigenvalue weighted by atomic mass is 10.1. The van der Waals surface area contributed by atoms with Crippen molar-refractivity contribution in [2.24, 2.45) is 11.8 Å². The Bertz CT molecular complexity index is 798. The van der Waals surface area contributed by atoms with Gasteiger partial charge in [0.15, 0.2) is 0 Å². The lowest BCUT2D eigenvalue weighted by Crippen LogP contribution is -2.06. The second-order valence-corrected chi connectivity index (χ2v) is 6.53. The number of fused-ring (bicyclic) bond motifs is 1. The zero-order valence-electron chi connectivity index (χ0n) is 13.0. The van der Waals surface area contributed by atoms with Crippen molar-refractivity contribution < 1.29 is 18.0 Å². The first-order chi connectivity index (χ1) is 11.4. The predicted octanol–water partition coefficient (Wildman–Crippen LogP) is 3.68. The van der Waals surface area contributed by atoms with Crippen molar-refractivity contribution in [2.75, 3.05) is 0 Å². The van der Waals surface area contributed by atoms with Gasteiger partial charge in [0, 0.05) is 49.0 Å².